The highest BCUT2D eigenvalue weighted by molar-refractivity contribution is 5.86. The predicted octanol–water partition coefficient (Wildman–Crippen LogP) is -0.655. The maximum Gasteiger partial charge on any atom is 0.328 e. The average molecular weight is 262 g/mol. The first-order chi connectivity index (χ1) is 8.17. The molecule has 0 aliphatic rings. The summed E-state index contributed by atoms with van der Waals surface area (Å²) in [5, 5.41) is 11.3. The Balaban J connectivity index is 4.36. The van der Waals surface area contributed by atoms with Crippen LogP contribution in [0.1, 0.15) is 20.8 Å². The number of amides is 1. The van der Waals surface area contributed by atoms with Crippen LogP contribution < -0.4 is 11.1 Å². The molecule has 0 aromatic rings. The Kier molecular flexibility index (Phi) is 6.82. The van der Waals surface area contributed by atoms with Gasteiger partial charge in [-0.15, -0.1) is 0 Å². The topological polar surface area (TPSA) is 111 Å². The lowest BCUT2D eigenvalue weighted by molar-refractivity contribution is -0.145. The van der Waals surface area contributed by atoms with Gasteiger partial charge < -0.3 is 25.6 Å². The van der Waals surface area contributed by atoms with Gasteiger partial charge in [-0.3, -0.25) is 4.79 Å². The van der Waals surface area contributed by atoms with Crippen LogP contribution in [-0.4, -0.2) is 55.0 Å². The van der Waals surface area contributed by atoms with E-state index in [1.54, 1.807) is 20.8 Å². The lowest BCUT2D eigenvalue weighted by Crippen LogP contribution is -2.52. The molecule has 0 saturated carbocycles. The van der Waals surface area contributed by atoms with Gasteiger partial charge in [0.1, 0.15) is 6.04 Å². The van der Waals surface area contributed by atoms with Crippen molar-refractivity contribution in [2.75, 3.05) is 20.3 Å². The van der Waals surface area contributed by atoms with Crippen LogP contribution in [0.4, 0.5) is 0 Å². The molecule has 106 valence electrons. The summed E-state index contributed by atoms with van der Waals surface area (Å²) in [5.74, 6) is -1.75. The normalized spacial score (nSPS) is 14.9. The second-order valence-corrected chi connectivity index (χ2v) is 4.88. The zero-order chi connectivity index (χ0) is 14.3. The van der Waals surface area contributed by atoms with Gasteiger partial charge in [0, 0.05) is 7.11 Å². The van der Waals surface area contributed by atoms with Gasteiger partial charge in [-0.05, 0) is 20.8 Å². The van der Waals surface area contributed by atoms with Crippen molar-refractivity contribution < 1.29 is 24.2 Å². The predicted molar refractivity (Wildman–Crippen MR) is 65.1 cm³/mol. The van der Waals surface area contributed by atoms with Crippen LogP contribution in [0.2, 0.25) is 0 Å². The highest BCUT2D eigenvalue weighted by Crippen LogP contribution is 2.07. The molecule has 0 aliphatic heterocycles. The first-order valence-corrected chi connectivity index (χ1v) is 5.59. The molecular formula is C11H22N2O5. The molecule has 0 spiro atoms. The van der Waals surface area contributed by atoms with Crippen molar-refractivity contribution in [1.82, 2.24) is 5.32 Å². The van der Waals surface area contributed by atoms with Crippen molar-refractivity contribution in [1.29, 1.82) is 0 Å². The molecule has 0 radical (unpaired) electrons. The standard InChI is InChI=1S/C11H22N2O5/c1-11(2,3)18-6-8(10(15)16)13-9(14)7(12)5-17-4/h7-8H,5-6,12H2,1-4H3,(H,13,14)(H,15,16)/t7?,8-/m0/s1. The minimum Gasteiger partial charge on any atom is -0.480 e. The smallest absolute Gasteiger partial charge is 0.328 e. The zero-order valence-corrected chi connectivity index (χ0v) is 11.2. The molecule has 0 rings (SSSR count). The Morgan fingerprint density at radius 1 is 1.33 bits per heavy atom. The lowest BCUT2D eigenvalue weighted by Gasteiger charge is -2.23. The summed E-state index contributed by atoms with van der Waals surface area (Å²) in [6.45, 7) is 5.29. The van der Waals surface area contributed by atoms with Gasteiger partial charge in [0.05, 0.1) is 18.8 Å². The zero-order valence-electron chi connectivity index (χ0n) is 11.2. The molecule has 0 aromatic carbocycles. The molecule has 0 aromatic heterocycles. The van der Waals surface area contributed by atoms with Gasteiger partial charge >= 0.3 is 5.97 Å². The molecular weight excluding hydrogens is 240 g/mol. The van der Waals surface area contributed by atoms with Crippen LogP contribution in [0.15, 0.2) is 0 Å². The summed E-state index contributed by atoms with van der Waals surface area (Å²) in [4.78, 5) is 22.5. The first-order valence-electron chi connectivity index (χ1n) is 5.59. The van der Waals surface area contributed by atoms with Crippen molar-refractivity contribution in [2.45, 2.75) is 38.5 Å². The minimum atomic E-state index is -1.17. The second-order valence-electron chi connectivity index (χ2n) is 4.88. The van der Waals surface area contributed by atoms with Gasteiger partial charge in [-0.2, -0.15) is 0 Å². The maximum absolute atomic E-state index is 11.5. The van der Waals surface area contributed by atoms with Crippen molar-refractivity contribution in [2.24, 2.45) is 5.73 Å². The van der Waals surface area contributed by atoms with Crippen molar-refractivity contribution in [3.8, 4) is 0 Å². The van der Waals surface area contributed by atoms with Crippen molar-refractivity contribution >= 4 is 11.9 Å². The van der Waals surface area contributed by atoms with E-state index in [1.807, 2.05) is 0 Å². The van der Waals surface area contributed by atoms with Gasteiger partial charge in [-0.1, -0.05) is 0 Å². The molecule has 0 saturated heterocycles. The van der Waals surface area contributed by atoms with E-state index in [0.29, 0.717) is 0 Å². The largest absolute Gasteiger partial charge is 0.480 e. The highest BCUT2D eigenvalue weighted by atomic mass is 16.5. The summed E-state index contributed by atoms with van der Waals surface area (Å²) in [5.41, 5.74) is 5.01. The van der Waals surface area contributed by atoms with Gasteiger partial charge in [0.15, 0.2) is 6.04 Å². The third kappa shape index (κ3) is 7.21. The van der Waals surface area contributed by atoms with E-state index in [0.717, 1.165) is 0 Å². The summed E-state index contributed by atoms with van der Waals surface area (Å²) in [7, 11) is 1.41. The number of rotatable bonds is 7. The average Bonchev–Trinajstić information content (AvgIpc) is 2.22. The van der Waals surface area contributed by atoms with E-state index in [9.17, 15) is 9.59 Å². The van der Waals surface area contributed by atoms with Crippen LogP contribution in [0, 0.1) is 0 Å². The number of nitrogens with one attached hydrogen (secondary N) is 1. The monoisotopic (exact) mass is 262 g/mol. The minimum absolute atomic E-state index is 0.0261. The van der Waals surface area contributed by atoms with Crippen LogP contribution in [0.3, 0.4) is 0 Å². The molecule has 1 amide bonds. The summed E-state index contributed by atoms with van der Waals surface area (Å²) in [6.07, 6.45) is 0. The number of hydrogen-bond acceptors (Lipinski definition) is 5. The van der Waals surface area contributed by atoms with Crippen LogP contribution in [-0.2, 0) is 19.1 Å². The molecule has 4 N–H and O–H groups in total. The summed E-state index contributed by atoms with van der Waals surface area (Å²) in [6, 6.07) is -2.02. The van der Waals surface area contributed by atoms with E-state index in [2.05, 4.69) is 5.32 Å². The van der Waals surface area contributed by atoms with Crippen LogP contribution in [0.25, 0.3) is 0 Å². The lowest BCUT2D eigenvalue weighted by atomic mass is 10.2. The van der Waals surface area contributed by atoms with Gasteiger partial charge in [0.25, 0.3) is 0 Å². The Labute approximate surface area is 107 Å². The number of methoxy groups -OCH3 is 1. The fourth-order valence-electron chi connectivity index (χ4n) is 1.04. The SMILES string of the molecule is COCC(N)C(=O)N[C@@H](COC(C)(C)C)C(=O)O. The van der Waals surface area contributed by atoms with Gasteiger partial charge in [0.2, 0.25) is 5.91 Å². The number of carbonyl (C=O) groups excluding carboxylic acids is 1. The molecule has 2 atom stereocenters. The molecule has 7 nitrogen and oxygen atoms in total. The summed E-state index contributed by atoms with van der Waals surface area (Å²) >= 11 is 0. The second kappa shape index (κ2) is 7.30. The number of nitrogens with two attached hydrogens (primary N) is 1. The third-order valence-corrected chi connectivity index (χ3v) is 1.98. The maximum atomic E-state index is 11.5. The number of carboxylic acids is 1. The first kappa shape index (κ1) is 16.8. The number of carbonyl (C=O) groups is 2. The number of carboxylic acid groups (broad SMARTS) is 1. The van der Waals surface area contributed by atoms with Crippen molar-refractivity contribution in [3.05, 3.63) is 0 Å². The Morgan fingerprint density at radius 3 is 2.28 bits per heavy atom. The van der Waals surface area contributed by atoms with Gasteiger partial charge in [-0.25, -0.2) is 4.79 Å². The fourth-order valence-corrected chi connectivity index (χ4v) is 1.04. The van der Waals surface area contributed by atoms with E-state index < -0.39 is 29.6 Å². The van der Waals surface area contributed by atoms with E-state index >= 15 is 0 Å². The molecule has 0 aliphatic carbocycles. The number of ether oxygens (including phenoxy) is 2. The quantitative estimate of drug-likeness (QED) is 0.562. The molecule has 0 fully saturated rings. The molecule has 0 heterocycles. The fraction of sp³-hybridized carbons (Fsp3) is 0.818. The van der Waals surface area contributed by atoms with Crippen LogP contribution >= 0.6 is 0 Å². The highest BCUT2D eigenvalue weighted by Gasteiger charge is 2.25. The third-order valence-electron chi connectivity index (χ3n) is 1.98. The van der Waals surface area contributed by atoms with E-state index in [-0.39, 0.29) is 13.2 Å². The Morgan fingerprint density at radius 2 is 1.89 bits per heavy atom. The molecule has 18 heavy (non-hydrogen) atoms. The van der Waals surface area contributed by atoms with E-state index in [1.165, 1.54) is 7.11 Å². The number of hydrogen-bond donors (Lipinski definition) is 3. The molecule has 7 heteroatoms. The van der Waals surface area contributed by atoms with Crippen LogP contribution in [0.5, 0.6) is 0 Å². The molecule has 1 unspecified atom stereocenters. The summed E-state index contributed by atoms with van der Waals surface area (Å²) < 4.78 is 10.0. The molecule has 0 bridgehead atoms. The van der Waals surface area contributed by atoms with Crippen molar-refractivity contribution in [3.63, 3.8) is 0 Å². The Bertz CT molecular complexity index is 288. The number of aliphatic carboxylic acids is 1. The Hall–Kier alpha value is -1.18. The van der Waals surface area contributed by atoms with E-state index in [4.69, 9.17) is 20.3 Å².